The number of rotatable bonds is 0. The maximum Gasteiger partial charge on any atom is 0.0178 e. The van der Waals surface area contributed by atoms with Crippen molar-refractivity contribution in [3.8, 4) is 0 Å². The SMILES string of the molecule is CC1=CC=CNCC1. The van der Waals surface area contributed by atoms with Gasteiger partial charge >= 0.3 is 0 Å². The van der Waals surface area contributed by atoms with Crippen LogP contribution in [-0.2, 0) is 0 Å². The third-order valence-corrected chi connectivity index (χ3v) is 1.26. The Labute approximate surface area is 50.1 Å². The first-order chi connectivity index (χ1) is 3.89. The minimum Gasteiger partial charge on any atom is -0.391 e. The fourth-order valence-electron chi connectivity index (χ4n) is 0.716. The number of hydrogen-bond donors (Lipinski definition) is 1. The van der Waals surface area contributed by atoms with E-state index in [0.717, 1.165) is 6.54 Å². The summed E-state index contributed by atoms with van der Waals surface area (Å²) in [5.74, 6) is 0. The van der Waals surface area contributed by atoms with Gasteiger partial charge < -0.3 is 5.32 Å². The molecule has 1 nitrogen and oxygen atoms in total. The van der Waals surface area contributed by atoms with Crippen molar-refractivity contribution in [1.82, 2.24) is 5.32 Å². The molecule has 1 heteroatoms. The van der Waals surface area contributed by atoms with Crippen LogP contribution in [0.2, 0.25) is 0 Å². The van der Waals surface area contributed by atoms with Crippen molar-refractivity contribution in [2.75, 3.05) is 6.54 Å². The second-order valence-electron chi connectivity index (χ2n) is 2.08. The summed E-state index contributed by atoms with van der Waals surface area (Å²) in [4.78, 5) is 0. The van der Waals surface area contributed by atoms with Gasteiger partial charge in [-0.05, 0) is 25.6 Å². The summed E-state index contributed by atoms with van der Waals surface area (Å²) >= 11 is 0. The van der Waals surface area contributed by atoms with Crippen LogP contribution in [0.5, 0.6) is 0 Å². The molecule has 44 valence electrons. The second-order valence-corrected chi connectivity index (χ2v) is 2.08. The topological polar surface area (TPSA) is 12.0 Å². The highest BCUT2D eigenvalue weighted by Gasteiger charge is 1.88. The summed E-state index contributed by atoms with van der Waals surface area (Å²) in [5, 5.41) is 3.14. The average Bonchev–Trinajstić information content (AvgIpc) is 1.94. The fraction of sp³-hybridized carbons (Fsp3) is 0.429. The lowest BCUT2D eigenvalue weighted by atomic mass is 10.2. The smallest absolute Gasteiger partial charge is 0.0178 e. The molecule has 0 aromatic rings. The molecule has 0 aromatic carbocycles. The summed E-state index contributed by atoms with van der Waals surface area (Å²) in [6, 6.07) is 0. The molecule has 1 aliphatic rings. The van der Waals surface area contributed by atoms with Crippen molar-refractivity contribution in [1.29, 1.82) is 0 Å². The zero-order valence-corrected chi connectivity index (χ0v) is 5.15. The molecule has 0 atom stereocenters. The first-order valence-corrected chi connectivity index (χ1v) is 2.95. The molecular weight excluding hydrogens is 98.1 g/mol. The average molecular weight is 109 g/mol. The van der Waals surface area contributed by atoms with E-state index in [4.69, 9.17) is 0 Å². The van der Waals surface area contributed by atoms with Gasteiger partial charge in [0.25, 0.3) is 0 Å². The van der Waals surface area contributed by atoms with E-state index < -0.39 is 0 Å². The molecule has 0 saturated heterocycles. The molecule has 0 unspecified atom stereocenters. The Morgan fingerprint density at radius 2 is 2.50 bits per heavy atom. The van der Waals surface area contributed by atoms with Gasteiger partial charge in [0, 0.05) is 6.54 Å². The molecule has 1 heterocycles. The highest BCUT2D eigenvalue weighted by Crippen LogP contribution is 2.00. The quantitative estimate of drug-likeness (QED) is 0.496. The first-order valence-electron chi connectivity index (χ1n) is 2.95. The summed E-state index contributed by atoms with van der Waals surface area (Å²) in [7, 11) is 0. The molecule has 0 radical (unpaired) electrons. The van der Waals surface area contributed by atoms with Gasteiger partial charge in [0.15, 0.2) is 0 Å². The lowest BCUT2D eigenvalue weighted by Gasteiger charge is -1.94. The minimum atomic E-state index is 1.08. The standard InChI is InChI=1S/C7H11N/c1-7-3-2-5-8-6-4-7/h2-3,5,8H,4,6H2,1H3. The van der Waals surface area contributed by atoms with Crippen LogP contribution in [0.15, 0.2) is 23.9 Å². The van der Waals surface area contributed by atoms with Crippen LogP contribution in [0.4, 0.5) is 0 Å². The van der Waals surface area contributed by atoms with E-state index in [1.165, 1.54) is 12.0 Å². The van der Waals surface area contributed by atoms with Gasteiger partial charge in [-0.2, -0.15) is 0 Å². The number of allylic oxidation sites excluding steroid dienone is 2. The normalized spacial score (nSPS) is 18.9. The van der Waals surface area contributed by atoms with Gasteiger partial charge in [-0.1, -0.05) is 11.6 Å². The number of nitrogens with one attached hydrogen (secondary N) is 1. The van der Waals surface area contributed by atoms with Gasteiger partial charge in [-0.25, -0.2) is 0 Å². The van der Waals surface area contributed by atoms with E-state index in [9.17, 15) is 0 Å². The Bertz CT molecular complexity index is 122. The molecule has 8 heavy (non-hydrogen) atoms. The molecule has 1 aliphatic heterocycles. The van der Waals surface area contributed by atoms with Crippen LogP contribution < -0.4 is 5.32 Å². The van der Waals surface area contributed by atoms with Crippen molar-refractivity contribution in [3.63, 3.8) is 0 Å². The predicted octanol–water partition coefficient (Wildman–Crippen LogP) is 1.44. The van der Waals surface area contributed by atoms with Crippen LogP contribution >= 0.6 is 0 Å². The maximum absolute atomic E-state index is 3.14. The van der Waals surface area contributed by atoms with Gasteiger partial charge in [0.2, 0.25) is 0 Å². The monoisotopic (exact) mass is 109 g/mol. The Kier molecular flexibility index (Phi) is 1.73. The van der Waals surface area contributed by atoms with Crippen LogP contribution in [0.1, 0.15) is 13.3 Å². The van der Waals surface area contributed by atoms with Crippen molar-refractivity contribution in [3.05, 3.63) is 23.9 Å². The third kappa shape index (κ3) is 1.41. The van der Waals surface area contributed by atoms with Crippen LogP contribution in [0.25, 0.3) is 0 Å². The molecule has 0 spiro atoms. The summed E-state index contributed by atoms with van der Waals surface area (Å²) in [5.41, 5.74) is 1.45. The molecule has 0 amide bonds. The van der Waals surface area contributed by atoms with Crippen molar-refractivity contribution >= 4 is 0 Å². The van der Waals surface area contributed by atoms with Crippen molar-refractivity contribution < 1.29 is 0 Å². The third-order valence-electron chi connectivity index (χ3n) is 1.26. The molecule has 0 saturated carbocycles. The van der Waals surface area contributed by atoms with Gasteiger partial charge in [-0.15, -0.1) is 0 Å². The van der Waals surface area contributed by atoms with E-state index in [-0.39, 0.29) is 0 Å². The summed E-state index contributed by atoms with van der Waals surface area (Å²) in [6.45, 7) is 3.23. The van der Waals surface area contributed by atoms with E-state index in [0.29, 0.717) is 0 Å². The van der Waals surface area contributed by atoms with E-state index in [1.54, 1.807) is 0 Å². The van der Waals surface area contributed by atoms with Crippen LogP contribution in [0.3, 0.4) is 0 Å². The summed E-state index contributed by atoms with van der Waals surface area (Å²) in [6.07, 6.45) is 7.34. The maximum atomic E-state index is 3.14. The van der Waals surface area contributed by atoms with E-state index >= 15 is 0 Å². The van der Waals surface area contributed by atoms with Gasteiger partial charge in [0.1, 0.15) is 0 Å². The Hall–Kier alpha value is -0.720. The Balaban J connectivity index is 2.52. The van der Waals surface area contributed by atoms with E-state index in [1.807, 2.05) is 12.3 Å². The van der Waals surface area contributed by atoms with E-state index in [2.05, 4.69) is 18.3 Å². The lowest BCUT2D eigenvalue weighted by Crippen LogP contribution is -2.04. The molecule has 1 N–H and O–H groups in total. The molecule has 0 aromatic heterocycles. The lowest BCUT2D eigenvalue weighted by molar-refractivity contribution is 0.833. The zero-order chi connectivity index (χ0) is 5.82. The molecule has 0 bridgehead atoms. The molecular formula is C7H11N. The summed E-state index contributed by atoms with van der Waals surface area (Å²) < 4.78 is 0. The second kappa shape index (κ2) is 2.55. The van der Waals surface area contributed by atoms with Gasteiger partial charge in [-0.3, -0.25) is 0 Å². The van der Waals surface area contributed by atoms with Crippen LogP contribution in [0, 0.1) is 0 Å². The van der Waals surface area contributed by atoms with Crippen LogP contribution in [-0.4, -0.2) is 6.54 Å². The minimum absolute atomic E-state index is 1.08. The Morgan fingerprint density at radius 1 is 1.62 bits per heavy atom. The van der Waals surface area contributed by atoms with Gasteiger partial charge in [0.05, 0.1) is 0 Å². The molecule has 0 aliphatic carbocycles. The van der Waals surface area contributed by atoms with Crippen molar-refractivity contribution in [2.24, 2.45) is 0 Å². The molecule has 0 fully saturated rings. The highest BCUT2D eigenvalue weighted by molar-refractivity contribution is 5.12. The Morgan fingerprint density at radius 3 is 3.38 bits per heavy atom. The predicted molar refractivity (Wildman–Crippen MR) is 35.5 cm³/mol. The first kappa shape index (κ1) is 5.42. The van der Waals surface area contributed by atoms with Crippen molar-refractivity contribution in [2.45, 2.75) is 13.3 Å². The number of hydrogen-bond acceptors (Lipinski definition) is 1. The fourth-order valence-corrected chi connectivity index (χ4v) is 0.716. The largest absolute Gasteiger partial charge is 0.391 e. The molecule has 1 rings (SSSR count). The highest BCUT2D eigenvalue weighted by atomic mass is 14.8. The zero-order valence-electron chi connectivity index (χ0n) is 5.15.